The largest absolute Gasteiger partial charge is 0.433 e. The number of hydrogen-bond donors (Lipinski definition) is 2. The number of imidazole rings is 1. The van der Waals surface area contributed by atoms with Gasteiger partial charge >= 0.3 is 11.9 Å². The number of fused-ring (bicyclic) bond motifs is 1. The summed E-state index contributed by atoms with van der Waals surface area (Å²) < 4.78 is 66.1. The Balaban J connectivity index is 2.19. The number of pyridine rings is 2. The number of nitrogen functional groups attached to an aromatic ring is 1. The van der Waals surface area contributed by atoms with Gasteiger partial charge in [0.15, 0.2) is 0 Å². The standard InChI is InChI=1S/C15H12F5N5O/c1-6-2-3-7(10(22-6)12(16)17)5-25-8-4-9(15(18,19)20)23-13(21)11(8)24-14(25)26/h2-4,12H,5H2,1H3,(H2,21,23)(H,24,26). The fourth-order valence-electron chi connectivity index (χ4n) is 2.58. The molecule has 0 radical (unpaired) electrons. The van der Waals surface area contributed by atoms with Crippen LogP contribution in [-0.4, -0.2) is 19.5 Å². The van der Waals surface area contributed by atoms with Crippen molar-refractivity contribution < 1.29 is 22.0 Å². The van der Waals surface area contributed by atoms with E-state index in [0.717, 1.165) is 4.57 Å². The van der Waals surface area contributed by atoms with E-state index in [1.54, 1.807) is 0 Å². The summed E-state index contributed by atoms with van der Waals surface area (Å²) in [4.78, 5) is 21.4. The lowest BCUT2D eigenvalue weighted by Gasteiger charge is -2.11. The van der Waals surface area contributed by atoms with Crippen molar-refractivity contribution in [1.82, 2.24) is 19.5 Å². The van der Waals surface area contributed by atoms with E-state index in [0.29, 0.717) is 11.8 Å². The number of nitrogens with zero attached hydrogens (tertiary/aromatic N) is 3. The van der Waals surface area contributed by atoms with Gasteiger partial charge in [-0.05, 0) is 24.6 Å². The third-order valence-electron chi connectivity index (χ3n) is 3.77. The Kier molecular flexibility index (Phi) is 4.17. The maximum absolute atomic E-state index is 13.2. The van der Waals surface area contributed by atoms with E-state index in [4.69, 9.17) is 5.73 Å². The zero-order chi connectivity index (χ0) is 19.2. The second-order valence-corrected chi connectivity index (χ2v) is 5.60. The van der Waals surface area contributed by atoms with Gasteiger partial charge in [0.25, 0.3) is 6.43 Å². The molecule has 3 rings (SSSR count). The Morgan fingerprint density at radius 3 is 2.58 bits per heavy atom. The Morgan fingerprint density at radius 2 is 1.96 bits per heavy atom. The van der Waals surface area contributed by atoms with Gasteiger partial charge in [0.2, 0.25) is 0 Å². The molecule has 0 saturated carbocycles. The van der Waals surface area contributed by atoms with Crippen molar-refractivity contribution in [2.75, 3.05) is 5.73 Å². The first-order valence-corrected chi connectivity index (χ1v) is 7.28. The highest BCUT2D eigenvalue weighted by atomic mass is 19.4. The molecule has 6 nitrogen and oxygen atoms in total. The van der Waals surface area contributed by atoms with Gasteiger partial charge in [-0.15, -0.1) is 0 Å². The number of alkyl halides is 5. The molecule has 26 heavy (non-hydrogen) atoms. The molecule has 138 valence electrons. The molecule has 0 saturated heterocycles. The van der Waals surface area contributed by atoms with E-state index >= 15 is 0 Å². The lowest BCUT2D eigenvalue weighted by atomic mass is 10.1. The zero-order valence-corrected chi connectivity index (χ0v) is 13.2. The summed E-state index contributed by atoms with van der Waals surface area (Å²) in [6.07, 6.45) is -7.68. The van der Waals surface area contributed by atoms with Crippen molar-refractivity contribution in [3.8, 4) is 0 Å². The summed E-state index contributed by atoms with van der Waals surface area (Å²) in [7, 11) is 0. The Bertz CT molecular complexity index is 1040. The fourth-order valence-corrected chi connectivity index (χ4v) is 2.58. The van der Waals surface area contributed by atoms with Crippen LogP contribution < -0.4 is 11.4 Å². The van der Waals surface area contributed by atoms with E-state index < -0.39 is 42.0 Å². The van der Waals surface area contributed by atoms with Gasteiger partial charge in [-0.1, -0.05) is 6.07 Å². The lowest BCUT2D eigenvalue weighted by molar-refractivity contribution is -0.141. The molecule has 3 heterocycles. The first kappa shape index (κ1) is 17.8. The number of anilines is 1. The monoisotopic (exact) mass is 373 g/mol. The van der Waals surface area contributed by atoms with Crippen LogP contribution >= 0.6 is 0 Å². The summed E-state index contributed by atoms with van der Waals surface area (Å²) >= 11 is 0. The summed E-state index contributed by atoms with van der Waals surface area (Å²) in [5.41, 5.74) is 2.96. The van der Waals surface area contributed by atoms with Crippen molar-refractivity contribution >= 4 is 16.9 Å². The third-order valence-corrected chi connectivity index (χ3v) is 3.77. The van der Waals surface area contributed by atoms with Gasteiger partial charge in [0.05, 0.1) is 12.1 Å². The van der Waals surface area contributed by atoms with Crippen LogP contribution in [0.15, 0.2) is 23.0 Å². The molecule has 0 fully saturated rings. The molecule has 0 amide bonds. The molecule has 0 unspecified atom stereocenters. The van der Waals surface area contributed by atoms with E-state index in [2.05, 4.69) is 15.0 Å². The van der Waals surface area contributed by atoms with Crippen LogP contribution in [0.3, 0.4) is 0 Å². The van der Waals surface area contributed by atoms with Crippen LogP contribution in [0.25, 0.3) is 11.0 Å². The molecule has 0 spiro atoms. The van der Waals surface area contributed by atoms with Crippen LogP contribution in [0.2, 0.25) is 0 Å². The van der Waals surface area contributed by atoms with Crippen molar-refractivity contribution in [3.05, 3.63) is 51.3 Å². The molecule has 0 aromatic carbocycles. The molecule has 0 aliphatic carbocycles. The number of aromatic nitrogens is 4. The molecular weight excluding hydrogens is 361 g/mol. The van der Waals surface area contributed by atoms with Gasteiger partial charge in [-0.25, -0.2) is 18.6 Å². The average Bonchev–Trinajstić information content (AvgIpc) is 2.85. The Labute approximate surface area is 142 Å². The van der Waals surface area contributed by atoms with Crippen LogP contribution in [0.5, 0.6) is 0 Å². The second kappa shape index (κ2) is 6.07. The van der Waals surface area contributed by atoms with Crippen molar-refractivity contribution in [2.24, 2.45) is 0 Å². The van der Waals surface area contributed by atoms with E-state index in [-0.39, 0.29) is 16.6 Å². The van der Waals surface area contributed by atoms with Crippen LogP contribution in [-0.2, 0) is 12.7 Å². The molecular formula is C15H12F5N5O. The minimum atomic E-state index is -4.78. The quantitative estimate of drug-likeness (QED) is 0.691. The predicted molar refractivity (Wildman–Crippen MR) is 82.8 cm³/mol. The highest BCUT2D eigenvalue weighted by molar-refractivity contribution is 5.85. The van der Waals surface area contributed by atoms with Crippen LogP contribution in [0, 0.1) is 6.92 Å². The average molecular weight is 373 g/mol. The minimum Gasteiger partial charge on any atom is -0.382 e. The van der Waals surface area contributed by atoms with Gasteiger partial charge < -0.3 is 10.7 Å². The predicted octanol–water partition coefficient (Wildman–Crippen LogP) is 3.01. The topological polar surface area (TPSA) is 89.6 Å². The van der Waals surface area contributed by atoms with Gasteiger partial charge in [-0.3, -0.25) is 9.55 Å². The van der Waals surface area contributed by atoms with Gasteiger partial charge in [-0.2, -0.15) is 13.2 Å². The minimum absolute atomic E-state index is 0.0116. The maximum atomic E-state index is 13.2. The highest BCUT2D eigenvalue weighted by Gasteiger charge is 2.34. The van der Waals surface area contributed by atoms with E-state index in [1.165, 1.54) is 19.1 Å². The highest BCUT2D eigenvalue weighted by Crippen LogP contribution is 2.31. The number of nitrogens with one attached hydrogen (secondary N) is 1. The van der Waals surface area contributed by atoms with E-state index in [9.17, 15) is 26.7 Å². The molecule has 3 aromatic rings. The molecule has 0 aliphatic rings. The molecule has 0 bridgehead atoms. The summed E-state index contributed by atoms with van der Waals surface area (Å²) in [5, 5.41) is 0. The van der Waals surface area contributed by atoms with Gasteiger partial charge in [0, 0.05) is 5.69 Å². The molecule has 11 heteroatoms. The van der Waals surface area contributed by atoms with Crippen molar-refractivity contribution in [1.29, 1.82) is 0 Å². The molecule has 0 aliphatic heterocycles. The smallest absolute Gasteiger partial charge is 0.382 e. The molecule has 0 atom stereocenters. The summed E-state index contributed by atoms with van der Waals surface area (Å²) in [5.74, 6) is -0.512. The first-order valence-electron chi connectivity index (χ1n) is 7.28. The Hall–Kier alpha value is -2.98. The van der Waals surface area contributed by atoms with Gasteiger partial charge in [0.1, 0.15) is 22.7 Å². The molecule has 3 aromatic heterocycles. The SMILES string of the molecule is Cc1ccc(Cn2c(=O)[nH]c3c(N)nc(C(F)(F)F)cc32)c(C(F)F)n1. The normalized spacial score (nSPS) is 12.3. The molecule has 3 N–H and O–H groups in total. The third kappa shape index (κ3) is 3.11. The lowest BCUT2D eigenvalue weighted by Crippen LogP contribution is -2.19. The number of nitrogens with two attached hydrogens (primary N) is 1. The van der Waals surface area contributed by atoms with Crippen molar-refractivity contribution in [2.45, 2.75) is 26.1 Å². The maximum Gasteiger partial charge on any atom is 0.433 e. The fraction of sp³-hybridized carbons (Fsp3) is 0.267. The Morgan fingerprint density at radius 1 is 1.27 bits per heavy atom. The number of aromatic amines is 1. The second-order valence-electron chi connectivity index (χ2n) is 5.60. The number of aryl methyl sites for hydroxylation is 1. The van der Waals surface area contributed by atoms with E-state index in [1.807, 2.05) is 0 Å². The van der Waals surface area contributed by atoms with Crippen molar-refractivity contribution in [3.63, 3.8) is 0 Å². The zero-order valence-electron chi connectivity index (χ0n) is 13.2. The number of halogens is 5. The number of H-pyrrole nitrogens is 1. The summed E-state index contributed by atoms with van der Waals surface area (Å²) in [6.45, 7) is 1.13. The summed E-state index contributed by atoms with van der Waals surface area (Å²) in [6, 6.07) is 3.47. The van der Waals surface area contributed by atoms with Crippen LogP contribution in [0.4, 0.5) is 27.8 Å². The number of hydrogen-bond acceptors (Lipinski definition) is 4. The first-order chi connectivity index (χ1) is 12.1. The number of rotatable bonds is 3. The van der Waals surface area contributed by atoms with Crippen LogP contribution in [0.1, 0.15) is 29.1 Å².